The zero-order chi connectivity index (χ0) is 27.4. The molecule has 0 saturated heterocycles. The second-order valence-electron chi connectivity index (χ2n) is 9.09. The van der Waals surface area contributed by atoms with Gasteiger partial charge in [0.05, 0.1) is 23.4 Å². The molecule has 5 aromatic rings. The molecule has 3 N–H and O–H groups in total. The van der Waals surface area contributed by atoms with Crippen LogP contribution in [0.2, 0.25) is 0 Å². The van der Waals surface area contributed by atoms with E-state index in [0.29, 0.717) is 17.1 Å². The van der Waals surface area contributed by atoms with Gasteiger partial charge in [0.1, 0.15) is 24.0 Å². The Morgan fingerprint density at radius 2 is 1.82 bits per heavy atom. The largest absolute Gasteiger partial charge is 0.384 e. The third-order valence-electron chi connectivity index (χ3n) is 6.42. The number of carbonyl (C=O) groups is 1. The quantitative estimate of drug-likeness (QED) is 0.225. The zero-order valence-electron chi connectivity index (χ0n) is 21.2. The first-order chi connectivity index (χ1) is 18.9. The summed E-state index contributed by atoms with van der Waals surface area (Å²) in [6.45, 7) is -0.0390. The average Bonchev–Trinajstić information content (AvgIpc) is 3.34. The van der Waals surface area contributed by atoms with E-state index in [2.05, 4.69) is 20.4 Å². The van der Waals surface area contributed by atoms with E-state index in [9.17, 15) is 13.6 Å². The first-order valence-electron chi connectivity index (χ1n) is 12.3. The summed E-state index contributed by atoms with van der Waals surface area (Å²) in [6.07, 6.45) is 3.43. The number of para-hydroxylation sites is 1. The summed E-state index contributed by atoms with van der Waals surface area (Å²) in [6, 6.07) is 21.4. The number of nitrogens with one attached hydrogen (secondary N) is 1. The fraction of sp³-hybridized carbons (Fsp3) is 0.133. The lowest BCUT2D eigenvalue weighted by atomic mass is 9.94. The van der Waals surface area contributed by atoms with Gasteiger partial charge in [0.25, 0.3) is 0 Å². The van der Waals surface area contributed by atoms with Crippen LogP contribution in [-0.2, 0) is 17.8 Å². The fourth-order valence-electron chi connectivity index (χ4n) is 4.62. The fourth-order valence-corrected chi connectivity index (χ4v) is 4.62. The molecule has 0 unspecified atom stereocenters. The van der Waals surface area contributed by atoms with E-state index < -0.39 is 17.7 Å². The van der Waals surface area contributed by atoms with Gasteiger partial charge < -0.3 is 11.1 Å². The lowest BCUT2D eigenvalue weighted by Gasteiger charge is -2.22. The summed E-state index contributed by atoms with van der Waals surface area (Å²) < 4.78 is 29.7. The van der Waals surface area contributed by atoms with Crippen molar-refractivity contribution in [2.75, 3.05) is 7.05 Å². The SMILES string of the molecule is CN=C(N)c1cccc(-c2cccnc2[C@H](Cc2cc(F)cc(F)c2)NC(=O)Cn2ncc3ccccc32)c1. The molecule has 0 fully saturated rings. The number of carbonyl (C=O) groups excluding carboxylic acids is 1. The summed E-state index contributed by atoms with van der Waals surface area (Å²) in [5.41, 5.74) is 10.1. The Bertz CT molecular complexity index is 1660. The van der Waals surface area contributed by atoms with Crippen LogP contribution in [0.1, 0.15) is 22.9 Å². The Kier molecular flexibility index (Phi) is 7.40. The molecule has 0 aliphatic heterocycles. The van der Waals surface area contributed by atoms with E-state index in [4.69, 9.17) is 5.73 Å². The minimum atomic E-state index is -0.697. The molecule has 0 aliphatic rings. The predicted octanol–water partition coefficient (Wildman–Crippen LogP) is 4.81. The molecule has 1 amide bonds. The van der Waals surface area contributed by atoms with Crippen LogP contribution in [0.5, 0.6) is 0 Å². The molecule has 7 nitrogen and oxygen atoms in total. The molecule has 5 rings (SSSR count). The normalized spacial score (nSPS) is 12.4. The van der Waals surface area contributed by atoms with Crippen LogP contribution in [0.3, 0.4) is 0 Å². The van der Waals surface area contributed by atoms with Crippen molar-refractivity contribution in [3.05, 3.63) is 120 Å². The number of nitrogens with zero attached hydrogens (tertiary/aromatic N) is 4. The molecule has 39 heavy (non-hydrogen) atoms. The molecule has 1 atom stereocenters. The van der Waals surface area contributed by atoms with E-state index >= 15 is 0 Å². The summed E-state index contributed by atoms with van der Waals surface area (Å²) in [5, 5.41) is 8.28. The number of aromatic nitrogens is 3. The van der Waals surface area contributed by atoms with Crippen LogP contribution in [0.4, 0.5) is 8.78 Å². The Balaban J connectivity index is 1.52. The molecule has 0 bridgehead atoms. The third kappa shape index (κ3) is 5.82. The van der Waals surface area contributed by atoms with Crippen LogP contribution in [0.15, 0.2) is 96.2 Å². The number of halogens is 2. The van der Waals surface area contributed by atoms with E-state index in [-0.39, 0.29) is 18.9 Å². The molecule has 0 saturated carbocycles. The van der Waals surface area contributed by atoms with Gasteiger partial charge in [-0.3, -0.25) is 19.5 Å². The van der Waals surface area contributed by atoms with Gasteiger partial charge in [-0.15, -0.1) is 0 Å². The highest BCUT2D eigenvalue weighted by Gasteiger charge is 2.22. The second kappa shape index (κ2) is 11.2. The van der Waals surface area contributed by atoms with E-state index in [1.807, 2.05) is 54.6 Å². The maximum atomic E-state index is 14.1. The number of nitrogens with two attached hydrogens (primary N) is 1. The minimum Gasteiger partial charge on any atom is -0.384 e. The van der Waals surface area contributed by atoms with Gasteiger partial charge in [0, 0.05) is 35.8 Å². The zero-order valence-corrected chi connectivity index (χ0v) is 21.2. The first-order valence-corrected chi connectivity index (χ1v) is 12.3. The molecule has 9 heteroatoms. The van der Waals surface area contributed by atoms with Crippen molar-refractivity contribution in [3.8, 4) is 11.1 Å². The van der Waals surface area contributed by atoms with Gasteiger partial charge in [-0.1, -0.05) is 42.5 Å². The molecular weight excluding hydrogens is 498 g/mol. The molecule has 3 aromatic carbocycles. The van der Waals surface area contributed by atoms with Crippen molar-refractivity contribution in [1.29, 1.82) is 0 Å². The number of hydrogen-bond acceptors (Lipinski definition) is 4. The van der Waals surface area contributed by atoms with Gasteiger partial charge in [0.2, 0.25) is 5.91 Å². The Labute approximate surface area is 224 Å². The first kappa shape index (κ1) is 25.7. The van der Waals surface area contributed by atoms with Crippen molar-refractivity contribution in [2.45, 2.75) is 19.0 Å². The highest BCUT2D eigenvalue weighted by Crippen LogP contribution is 2.30. The maximum absolute atomic E-state index is 14.1. The molecule has 0 aliphatic carbocycles. The smallest absolute Gasteiger partial charge is 0.242 e. The second-order valence-corrected chi connectivity index (χ2v) is 9.09. The van der Waals surface area contributed by atoms with Gasteiger partial charge in [-0.25, -0.2) is 8.78 Å². The number of aliphatic imine (C=N–C) groups is 1. The monoisotopic (exact) mass is 524 g/mol. The number of amides is 1. The van der Waals surface area contributed by atoms with E-state index in [1.54, 1.807) is 30.2 Å². The lowest BCUT2D eigenvalue weighted by molar-refractivity contribution is -0.122. The number of pyridine rings is 1. The third-order valence-corrected chi connectivity index (χ3v) is 6.42. The number of hydrogen-bond donors (Lipinski definition) is 2. The van der Waals surface area contributed by atoms with Gasteiger partial charge >= 0.3 is 0 Å². The van der Waals surface area contributed by atoms with Crippen LogP contribution < -0.4 is 11.1 Å². The van der Waals surface area contributed by atoms with Crippen molar-refractivity contribution in [3.63, 3.8) is 0 Å². The van der Waals surface area contributed by atoms with Crippen molar-refractivity contribution in [1.82, 2.24) is 20.1 Å². The summed E-state index contributed by atoms with van der Waals surface area (Å²) >= 11 is 0. The van der Waals surface area contributed by atoms with Crippen LogP contribution in [-0.4, -0.2) is 33.6 Å². The van der Waals surface area contributed by atoms with Crippen LogP contribution in [0.25, 0.3) is 22.0 Å². The number of amidine groups is 1. The summed E-state index contributed by atoms with van der Waals surface area (Å²) in [4.78, 5) is 22.0. The van der Waals surface area contributed by atoms with Crippen LogP contribution >= 0.6 is 0 Å². The van der Waals surface area contributed by atoms with Gasteiger partial charge in [0.15, 0.2) is 0 Å². The Morgan fingerprint density at radius 3 is 2.62 bits per heavy atom. The highest BCUT2D eigenvalue weighted by atomic mass is 19.1. The maximum Gasteiger partial charge on any atom is 0.242 e. The predicted molar refractivity (Wildman–Crippen MR) is 147 cm³/mol. The summed E-state index contributed by atoms with van der Waals surface area (Å²) in [5.74, 6) is -1.32. The molecule has 196 valence electrons. The Morgan fingerprint density at radius 1 is 1.03 bits per heavy atom. The Hall–Kier alpha value is -4.92. The van der Waals surface area contributed by atoms with Crippen molar-refractivity contribution in [2.24, 2.45) is 10.7 Å². The number of rotatable bonds is 8. The number of benzene rings is 3. The van der Waals surface area contributed by atoms with Gasteiger partial charge in [-0.2, -0.15) is 5.10 Å². The van der Waals surface area contributed by atoms with Crippen molar-refractivity contribution < 1.29 is 13.6 Å². The standard InChI is InChI=1S/C30H26F2N6O/c1-34-30(33)21-8-4-7-20(15-21)25-9-5-11-35-29(25)26(14-19-12-23(31)16-24(32)13-19)37-28(39)18-38-27-10-3-2-6-22(27)17-36-38/h2-13,15-17,26H,14,18H2,1H3,(H2,33,34)(H,37,39)/t26-/m0/s1. The number of fused-ring (bicyclic) bond motifs is 1. The molecule has 2 aromatic heterocycles. The highest BCUT2D eigenvalue weighted by molar-refractivity contribution is 5.98. The van der Waals surface area contributed by atoms with E-state index in [0.717, 1.165) is 33.7 Å². The average molecular weight is 525 g/mol. The van der Waals surface area contributed by atoms with Gasteiger partial charge in [-0.05, 0) is 47.9 Å². The van der Waals surface area contributed by atoms with E-state index in [1.165, 1.54) is 12.1 Å². The topological polar surface area (TPSA) is 98.2 Å². The summed E-state index contributed by atoms with van der Waals surface area (Å²) in [7, 11) is 1.62. The van der Waals surface area contributed by atoms with Crippen molar-refractivity contribution >= 4 is 22.6 Å². The molecular formula is C30H26F2N6O. The molecule has 0 radical (unpaired) electrons. The molecule has 2 heterocycles. The molecule has 0 spiro atoms. The lowest BCUT2D eigenvalue weighted by Crippen LogP contribution is -2.33. The van der Waals surface area contributed by atoms with Crippen LogP contribution in [0, 0.1) is 11.6 Å². The minimum absolute atomic E-state index is 0.0390.